The Morgan fingerprint density at radius 3 is 2.32 bits per heavy atom. The van der Waals surface area contributed by atoms with Crippen LogP contribution in [-0.2, 0) is 10.4 Å². The van der Waals surface area contributed by atoms with Gasteiger partial charge in [0.2, 0.25) is 5.91 Å². The number of aliphatic hydroxyl groups is 1. The van der Waals surface area contributed by atoms with Crippen LogP contribution in [-0.4, -0.2) is 23.3 Å². The summed E-state index contributed by atoms with van der Waals surface area (Å²) in [4.78, 5) is 23.8. The lowest BCUT2D eigenvalue weighted by Gasteiger charge is -2.24. The van der Waals surface area contributed by atoms with Crippen LogP contribution in [0.15, 0.2) is 54.6 Å². The van der Waals surface area contributed by atoms with Crippen molar-refractivity contribution in [2.45, 2.75) is 31.8 Å². The molecule has 0 spiro atoms. The highest BCUT2D eigenvalue weighted by Crippen LogP contribution is 2.19. The molecule has 1 amide bonds. The number of carbonyl (C=O) groups excluding carboxylic acids is 2. The van der Waals surface area contributed by atoms with E-state index in [2.05, 4.69) is 5.32 Å². The average molecular weight is 343 g/mol. The van der Waals surface area contributed by atoms with Crippen molar-refractivity contribution < 1.29 is 19.1 Å². The van der Waals surface area contributed by atoms with E-state index in [0.29, 0.717) is 12.0 Å². The molecule has 2 N–H and O–H groups in total. The molecule has 0 aliphatic carbocycles. The Kier molecular flexibility index (Phi) is 6.42. The third-order valence-electron chi connectivity index (χ3n) is 4.00. The van der Waals surface area contributed by atoms with E-state index in [1.165, 1.54) is 24.3 Å². The molecule has 0 aliphatic heterocycles. The van der Waals surface area contributed by atoms with Gasteiger partial charge in [-0.3, -0.25) is 9.59 Å². The van der Waals surface area contributed by atoms with Crippen LogP contribution in [0.2, 0.25) is 0 Å². The molecule has 0 saturated carbocycles. The number of rotatable bonds is 8. The number of hydrogen-bond acceptors (Lipinski definition) is 3. The van der Waals surface area contributed by atoms with E-state index in [4.69, 9.17) is 0 Å². The SMILES string of the molecule is CC(O)(CNC(=O)CCCC(=O)c1ccc(F)cc1)c1ccccc1. The van der Waals surface area contributed by atoms with Crippen molar-refractivity contribution >= 4 is 11.7 Å². The predicted molar refractivity (Wildman–Crippen MR) is 93.6 cm³/mol. The van der Waals surface area contributed by atoms with E-state index in [-0.39, 0.29) is 36.9 Å². The van der Waals surface area contributed by atoms with E-state index in [9.17, 15) is 19.1 Å². The number of carbonyl (C=O) groups is 2. The molecule has 1 unspecified atom stereocenters. The molecule has 0 heterocycles. The quantitative estimate of drug-likeness (QED) is 0.723. The molecular weight excluding hydrogens is 321 g/mol. The van der Waals surface area contributed by atoms with Gasteiger partial charge in [0.25, 0.3) is 0 Å². The fraction of sp³-hybridized carbons (Fsp3) is 0.300. The molecule has 0 saturated heterocycles. The van der Waals surface area contributed by atoms with Gasteiger partial charge in [-0.25, -0.2) is 4.39 Å². The van der Waals surface area contributed by atoms with Crippen LogP contribution in [0, 0.1) is 5.82 Å². The molecular formula is C20H22FNO3. The van der Waals surface area contributed by atoms with Gasteiger partial charge in [-0.1, -0.05) is 30.3 Å². The summed E-state index contributed by atoms with van der Waals surface area (Å²) >= 11 is 0. The zero-order chi connectivity index (χ0) is 18.3. The zero-order valence-electron chi connectivity index (χ0n) is 14.2. The Bertz CT molecular complexity index is 711. The molecule has 2 aromatic carbocycles. The predicted octanol–water partition coefficient (Wildman–Crippen LogP) is 3.20. The maximum Gasteiger partial charge on any atom is 0.220 e. The highest BCUT2D eigenvalue weighted by atomic mass is 19.1. The summed E-state index contributed by atoms with van der Waals surface area (Å²) in [6.45, 7) is 1.74. The third-order valence-corrected chi connectivity index (χ3v) is 4.00. The van der Waals surface area contributed by atoms with Crippen molar-refractivity contribution in [1.82, 2.24) is 5.32 Å². The molecule has 0 bridgehead atoms. The Hall–Kier alpha value is -2.53. The maximum atomic E-state index is 12.8. The van der Waals surface area contributed by atoms with E-state index >= 15 is 0 Å². The summed E-state index contributed by atoms with van der Waals surface area (Å²) in [7, 11) is 0. The van der Waals surface area contributed by atoms with Crippen LogP contribution in [0.25, 0.3) is 0 Å². The van der Waals surface area contributed by atoms with Gasteiger partial charge in [0.1, 0.15) is 11.4 Å². The third kappa shape index (κ3) is 5.80. The largest absolute Gasteiger partial charge is 0.384 e. The van der Waals surface area contributed by atoms with Crippen LogP contribution >= 0.6 is 0 Å². The van der Waals surface area contributed by atoms with E-state index in [1.54, 1.807) is 19.1 Å². The number of ketones is 1. The minimum Gasteiger partial charge on any atom is -0.384 e. The second-order valence-electron chi connectivity index (χ2n) is 6.20. The molecule has 0 radical (unpaired) electrons. The standard InChI is InChI=1S/C20H22FNO3/c1-20(25,16-6-3-2-4-7-16)14-22-19(24)9-5-8-18(23)15-10-12-17(21)13-11-15/h2-4,6-7,10-13,25H,5,8-9,14H2,1H3,(H,22,24). The van der Waals surface area contributed by atoms with Crippen LogP contribution in [0.4, 0.5) is 4.39 Å². The van der Waals surface area contributed by atoms with Gasteiger partial charge in [0.05, 0.1) is 6.54 Å². The maximum absolute atomic E-state index is 12.8. The van der Waals surface area contributed by atoms with Gasteiger partial charge < -0.3 is 10.4 Å². The number of amides is 1. The molecule has 0 aliphatic rings. The molecule has 1 atom stereocenters. The Morgan fingerprint density at radius 1 is 1.04 bits per heavy atom. The highest BCUT2D eigenvalue weighted by molar-refractivity contribution is 5.96. The Balaban J connectivity index is 1.74. The fourth-order valence-electron chi connectivity index (χ4n) is 2.45. The summed E-state index contributed by atoms with van der Waals surface area (Å²) in [5, 5.41) is 13.1. The molecule has 132 valence electrons. The van der Waals surface area contributed by atoms with Gasteiger partial charge >= 0.3 is 0 Å². The number of nitrogens with one attached hydrogen (secondary N) is 1. The summed E-state index contributed by atoms with van der Waals surface area (Å²) in [5.41, 5.74) is 0.0107. The highest BCUT2D eigenvalue weighted by Gasteiger charge is 2.23. The first kappa shape index (κ1) is 18.8. The lowest BCUT2D eigenvalue weighted by molar-refractivity contribution is -0.122. The minimum absolute atomic E-state index is 0.0990. The molecule has 2 aromatic rings. The van der Waals surface area contributed by atoms with Gasteiger partial charge in [-0.05, 0) is 43.2 Å². The number of halogens is 1. The van der Waals surface area contributed by atoms with Crippen LogP contribution in [0.3, 0.4) is 0 Å². The number of Topliss-reactive ketones (excluding diaryl/α,β-unsaturated/α-hetero) is 1. The summed E-state index contributed by atoms with van der Waals surface area (Å²) in [6.07, 6.45) is 0.807. The van der Waals surface area contributed by atoms with Crippen molar-refractivity contribution in [1.29, 1.82) is 0 Å². The Morgan fingerprint density at radius 2 is 1.68 bits per heavy atom. The minimum atomic E-state index is -1.15. The molecule has 5 heteroatoms. The smallest absolute Gasteiger partial charge is 0.220 e. The first-order chi connectivity index (χ1) is 11.9. The molecule has 25 heavy (non-hydrogen) atoms. The number of hydrogen-bond donors (Lipinski definition) is 2. The van der Waals surface area contributed by atoms with Crippen LogP contribution < -0.4 is 5.32 Å². The van der Waals surface area contributed by atoms with Crippen molar-refractivity contribution in [2.24, 2.45) is 0 Å². The first-order valence-corrected chi connectivity index (χ1v) is 8.22. The normalized spacial score (nSPS) is 13.1. The van der Waals surface area contributed by atoms with Crippen molar-refractivity contribution in [3.63, 3.8) is 0 Å². The summed E-state index contributed by atoms with van der Waals surface area (Å²) in [5.74, 6) is -0.728. The summed E-state index contributed by atoms with van der Waals surface area (Å²) in [6, 6.07) is 14.5. The van der Waals surface area contributed by atoms with E-state index < -0.39 is 5.60 Å². The molecule has 0 aromatic heterocycles. The monoisotopic (exact) mass is 343 g/mol. The van der Waals surface area contributed by atoms with Crippen molar-refractivity contribution in [2.75, 3.05) is 6.54 Å². The van der Waals surface area contributed by atoms with Gasteiger partial charge in [-0.2, -0.15) is 0 Å². The van der Waals surface area contributed by atoms with Gasteiger partial charge in [-0.15, -0.1) is 0 Å². The zero-order valence-corrected chi connectivity index (χ0v) is 14.2. The van der Waals surface area contributed by atoms with Crippen LogP contribution in [0.1, 0.15) is 42.1 Å². The summed E-state index contributed by atoms with van der Waals surface area (Å²) < 4.78 is 12.8. The molecule has 2 rings (SSSR count). The number of benzene rings is 2. The van der Waals surface area contributed by atoms with Gasteiger partial charge in [0, 0.05) is 18.4 Å². The topological polar surface area (TPSA) is 66.4 Å². The van der Waals surface area contributed by atoms with Crippen LogP contribution in [0.5, 0.6) is 0 Å². The van der Waals surface area contributed by atoms with E-state index in [1.807, 2.05) is 18.2 Å². The second-order valence-corrected chi connectivity index (χ2v) is 6.20. The second kappa shape index (κ2) is 8.53. The fourth-order valence-corrected chi connectivity index (χ4v) is 2.45. The lowest BCUT2D eigenvalue weighted by Crippen LogP contribution is -2.38. The molecule has 0 fully saturated rings. The lowest BCUT2D eigenvalue weighted by atomic mass is 9.96. The van der Waals surface area contributed by atoms with Gasteiger partial charge in [0.15, 0.2) is 5.78 Å². The van der Waals surface area contributed by atoms with Crippen molar-refractivity contribution in [3.05, 3.63) is 71.5 Å². The van der Waals surface area contributed by atoms with Crippen molar-refractivity contribution in [3.8, 4) is 0 Å². The molecule has 4 nitrogen and oxygen atoms in total. The average Bonchev–Trinajstić information content (AvgIpc) is 2.61. The van der Waals surface area contributed by atoms with E-state index in [0.717, 1.165) is 5.56 Å². The first-order valence-electron chi connectivity index (χ1n) is 8.22. The Labute approximate surface area is 146 Å².